The first-order valence-electron chi connectivity index (χ1n) is 9.17. The Hall–Kier alpha value is -3.35. The topological polar surface area (TPSA) is 96.1 Å². The molecule has 0 aliphatic rings. The van der Waals surface area contributed by atoms with Gasteiger partial charge in [0.2, 0.25) is 11.9 Å². The Morgan fingerprint density at radius 1 is 1.11 bits per heavy atom. The van der Waals surface area contributed by atoms with Gasteiger partial charge in [-0.3, -0.25) is 14.9 Å². The number of benzene rings is 2. The van der Waals surface area contributed by atoms with Gasteiger partial charge in [0.05, 0.1) is 18.1 Å². The number of para-hydroxylation sites is 2. The minimum atomic E-state index is -0.678. The van der Waals surface area contributed by atoms with E-state index in [1.165, 1.54) is 0 Å². The van der Waals surface area contributed by atoms with E-state index in [0.29, 0.717) is 23.7 Å². The van der Waals surface area contributed by atoms with Gasteiger partial charge in [0.15, 0.2) is 0 Å². The number of carbonyl (C=O) groups is 2. The molecule has 0 aliphatic heterocycles. The van der Waals surface area contributed by atoms with Crippen LogP contribution in [0.2, 0.25) is 0 Å². The van der Waals surface area contributed by atoms with Crippen LogP contribution in [-0.2, 0) is 4.79 Å². The quantitative estimate of drug-likeness (QED) is 0.586. The number of nitrogens with zero attached hydrogens (tertiary/aromatic N) is 1. The minimum absolute atomic E-state index is 0.225. The van der Waals surface area contributed by atoms with E-state index >= 15 is 0 Å². The summed E-state index contributed by atoms with van der Waals surface area (Å²) >= 11 is 0. The lowest BCUT2D eigenvalue weighted by atomic mass is 10.0. The van der Waals surface area contributed by atoms with E-state index in [1.54, 1.807) is 31.4 Å². The van der Waals surface area contributed by atoms with E-state index in [2.05, 4.69) is 20.6 Å². The molecule has 0 fully saturated rings. The normalized spacial score (nSPS) is 12.0. The van der Waals surface area contributed by atoms with Crippen molar-refractivity contribution in [3.63, 3.8) is 0 Å². The monoisotopic (exact) mass is 380 g/mol. The Bertz CT molecular complexity index is 930. The molecular formula is C21H24N4O3. The highest BCUT2D eigenvalue weighted by molar-refractivity contribution is 6.01. The molecule has 0 radical (unpaired) electrons. The van der Waals surface area contributed by atoms with Crippen LogP contribution in [0.1, 0.15) is 30.6 Å². The smallest absolute Gasteiger partial charge is 0.251 e. The van der Waals surface area contributed by atoms with Crippen LogP contribution < -0.4 is 15.4 Å². The summed E-state index contributed by atoms with van der Waals surface area (Å²) in [6, 6.07) is 13.6. The predicted octanol–water partition coefficient (Wildman–Crippen LogP) is 3.35. The Morgan fingerprint density at radius 3 is 2.46 bits per heavy atom. The standard InChI is InChI=1S/C21H24N4O3/c1-13(2)12-18(22-19(26)14-8-10-15(28-3)11-9-14)20(27)25-21-23-16-6-4-5-7-17(16)24-21/h4-11,13,18H,12H2,1-3H3,(H,22,26)(H2,23,24,25,27)/t18-/m1/s1. The summed E-state index contributed by atoms with van der Waals surface area (Å²) in [5, 5.41) is 5.59. The molecule has 3 N–H and O–H groups in total. The minimum Gasteiger partial charge on any atom is -0.497 e. The van der Waals surface area contributed by atoms with Crippen LogP contribution in [-0.4, -0.2) is 34.9 Å². The van der Waals surface area contributed by atoms with E-state index in [0.717, 1.165) is 11.0 Å². The lowest BCUT2D eigenvalue weighted by Crippen LogP contribution is -2.44. The molecule has 0 aliphatic carbocycles. The average Bonchev–Trinajstić information content (AvgIpc) is 3.09. The van der Waals surface area contributed by atoms with Crippen LogP contribution in [0.15, 0.2) is 48.5 Å². The maximum absolute atomic E-state index is 12.8. The molecule has 0 saturated heterocycles. The molecule has 3 aromatic rings. The molecule has 0 saturated carbocycles. The van der Waals surface area contributed by atoms with E-state index in [1.807, 2.05) is 38.1 Å². The zero-order valence-electron chi connectivity index (χ0n) is 16.2. The second-order valence-corrected chi connectivity index (χ2v) is 6.98. The highest BCUT2D eigenvalue weighted by atomic mass is 16.5. The van der Waals surface area contributed by atoms with Crippen molar-refractivity contribution >= 4 is 28.8 Å². The second-order valence-electron chi connectivity index (χ2n) is 6.98. The molecule has 1 heterocycles. The van der Waals surface area contributed by atoms with E-state index in [-0.39, 0.29) is 17.7 Å². The van der Waals surface area contributed by atoms with Gasteiger partial charge in [-0.1, -0.05) is 26.0 Å². The van der Waals surface area contributed by atoms with Gasteiger partial charge in [-0.25, -0.2) is 4.98 Å². The number of aromatic amines is 1. The van der Waals surface area contributed by atoms with E-state index in [9.17, 15) is 9.59 Å². The molecule has 1 atom stereocenters. The van der Waals surface area contributed by atoms with Crippen molar-refractivity contribution in [1.82, 2.24) is 15.3 Å². The number of H-pyrrole nitrogens is 1. The number of ether oxygens (including phenoxy) is 1. The van der Waals surface area contributed by atoms with E-state index < -0.39 is 6.04 Å². The lowest BCUT2D eigenvalue weighted by molar-refractivity contribution is -0.118. The number of amides is 2. The molecule has 0 spiro atoms. The van der Waals surface area contributed by atoms with Crippen molar-refractivity contribution in [3.8, 4) is 5.75 Å². The van der Waals surface area contributed by atoms with Gasteiger partial charge in [0, 0.05) is 5.56 Å². The van der Waals surface area contributed by atoms with Gasteiger partial charge in [0.25, 0.3) is 5.91 Å². The third kappa shape index (κ3) is 4.68. The first-order chi connectivity index (χ1) is 13.5. The summed E-state index contributed by atoms with van der Waals surface area (Å²) in [5.74, 6) is 0.627. The largest absolute Gasteiger partial charge is 0.497 e. The number of hydrogen-bond donors (Lipinski definition) is 3. The van der Waals surface area contributed by atoms with Crippen LogP contribution in [0.4, 0.5) is 5.95 Å². The number of aromatic nitrogens is 2. The van der Waals surface area contributed by atoms with Gasteiger partial charge in [0.1, 0.15) is 11.8 Å². The molecule has 146 valence electrons. The third-order valence-electron chi connectivity index (χ3n) is 4.31. The zero-order valence-corrected chi connectivity index (χ0v) is 16.2. The lowest BCUT2D eigenvalue weighted by Gasteiger charge is -2.19. The van der Waals surface area contributed by atoms with Gasteiger partial charge < -0.3 is 15.0 Å². The number of anilines is 1. The number of rotatable bonds is 7. The summed E-state index contributed by atoms with van der Waals surface area (Å²) < 4.78 is 5.11. The fourth-order valence-corrected chi connectivity index (χ4v) is 2.90. The first kappa shape index (κ1) is 19.4. The Labute approximate surface area is 163 Å². The summed E-state index contributed by atoms with van der Waals surface area (Å²) in [5.41, 5.74) is 2.06. The number of carbonyl (C=O) groups excluding carboxylic acids is 2. The molecule has 28 heavy (non-hydrogen) atoms. The molecular weight excluding hydrogens is 356 g/mol. The molecule has 0 unspecified atom stereocenters. The SMILES string of the molecule is COc1ccc(C(=O)N[C@H](CC(C)C)C(=O)Nc2nc3ccccc3[nH]2)cc1. The molecule has 1 aromatic heterocycles. The first-order valence-corrected chi connectivity index (χ1v) is 9.17. The molecule has 7 nitrogen and oxygen atoms in total. The summed E-state index contributed by atoms with van der Waals surface area (Å²) in [4.78, 5) is 32.8. The molecule has 0 bridgehead atoms. The Balaban J connectivity index is 1.72. The molecule has 2 aromatic carbocycles. The van der Waals surface area contributed by atoms with Gasteiger partial charge >= 0.3 is 0 Å². The van der Waals surface area contributed by atoms with Crippen molar-refractivity contribution in [2.24, 2.45) is 5.92 Å². The van der Waals surface area contributed by atoms with Crippen molar-refractivity contribution in [1.29, 1.82) is 0 Å². The molecule has 7 heteroatoms. The Kier molecular flexibility index (Phi) is 5.93. The fourth-order valence-electron chi connectivity index (χ4n) is 2.90. The van der Waals surface area contributed by atoms with Crippen LogP contribution in [0.5, 0.6) is 5.75 Å². The summed E-state index contributed by atoms with van der Waals surface area (Å²) in [7, 11) is 1.57. The highest BCUT2D eigenvalue weighted by Gasteiger charge is 2.23. The van der Waals surface area contributed by atoms with Gasteiger partial charge in [-0.05, 0) is 48.7 Å². The fraction of sp³-hybridized carbons (Fsp3) is 0.286. The van der Waals surface area contributed by atoms with Crippen molar-refractivity contribution in [3.05, 3.63) is 54.1 Å². The van der Waals surface area contributed by atoms with Gasteiger partial charge in [-0.2, -0.15) is 0 Å². The number of fused-ring (bicyclic) bond motifs is 1. The summed E-state index contributed by atoms with van der Waals surface area (Å²) in [6.45, 7) is 4.00. The van der Waals surface area contributed by atoms with Gasteiger partial charge in [-0.15, -0.1) is 0 Å². The van der Waals surface area contributed by atoms with Crippen LogP contribution in [0.3, 0.4) is 0 Å². The molecule has 3 rings (SSSR count). The number of nitrogens with one attached hydrogen (secondary N) is 3. The number of hydrogen-bond acceptors (Lipinski definition) is 4. The second kappa shape index (κ2) is 8.56. The third-order valence-corrected chi connectivity index (χ3v) is 4.31. The maximum Gasteiger partial charge on any atom is 0.251 e. The number of imidazole rings is 1. The van der Waals surface area contributed by atoms with Crippen molar-refractivity contribution in [2.45, 2.75) is 26.3 Å². The Morgan fingerprint density at radius 2 is 1.82 bits per heavy atom. The van der Waals surface area contributed by atoms with Crippen LogP contribution >= 0.6 is 0 Å². The maximum atomic E-state index is 12.8. The average molecular weight is 380 g/mol. The highest BCUT2D eigenvalue weighted by Crippen LogP contribution is 2.15. The zero-order chi connectivity index (χ0) is 20.1. The van der Waals surface area contributed by atoms with Crippen molar-refractivity contribution in [2.75, 3.05) is 12.4 Å². The number of methoxy groups -OCH3 is 1. The predicted molar refractivity (Wildman–Crippen MR) is 108 cm³/mol. The summed E-state index contributed by atoms with van der Waals surface area (Å²) in [6.07, 6.45) is 0.508. The molecule has 2 amide bonds. The van der Waals surface area contributed by atoms with Crippen LogP contribution in [0, 0.1) is 5.92 Å². The van der Waals surface area contributed by atoms with Crippen molar-refractivity contribution < 1.29 is 14.3 Å². The van der Waals surface area contributed by atoms with Crippen LogP contribution in [0.25, 0.3) is 11.0 Å². The van der Waals surface area contributed by atoms with E-state index in [4.69, 9.17) is 4.74 Å².